The van der Waals surface area contributed by atoms with Crippen molar-refractivity contribution in [1.29, 1.82) is 0 Å². The van der Waals surface area contributed by atoms with Crippen LogP contribution in [0.2, 0.25) is 0 Å². The van der Waals surface area contributed by atoms with Crippen LogP contribution in [0.3, 0.4) is 0 Å². The first-order valence-electron chi connectivity index (χ1n) is 14.4. The number of alkyl halides is 6. The molecule has 2 amide bonds. The van der Waals surface area contributed by atoms with E-state index in [9.17, 15) is 40.7 Å². The molecular weight excluding hydrogens is 602 g/mol. The molecule has 3 aromatic carbocycles. The average molecular weight is 635 g/mol. The van der Waals surface area contributed by atoms with Crippen molar-refractivity contribution < 1.29 is 45.8 Å². The summed E-state index contributed by atoms with van der Waals surface area (Å²) in [6.45, 7) is 2.03. The lowest BCUT2D eigenvalue weighted by molar-refractivity contribution is -0.138. The summed E-state index contributed by atoms with van der Waals surface area (Å²) in [7, 11) is 0. The van der Waals surface area contributed by atoms with Crippen LogP contribution in [-0.4, -0.2) is 40.9 Å². The molecule has 6 nitrogen and oxygen atoms in total. The fourth-order valence-corrected chi connectivity index (χ4v) is 5.64. The highest BCUT2D eigenvalue weighted by molar-refractivity contribution is 5.94. The Bertz CT molecular complexity index is 1520. The molecule has 0 fully saturated rings. The average Bonchev–Trinajstić information content (AvgIpc) is 2.99. The number of fused-ring (bicyclic) bond motifs is 1. The Morgan fingerprint density at radius 1 is 0.844 bits per heavy atom. The Hall–Kier alpha value is -4.35. The van der Waals surface area contributed by atoms with Gasteiger partial charge in [-0.25, -0.2) is 0 Å². The van der Waals surface area contributed by atoms with Crippen LogP contribution in [0.15, 0.2) is 66.7 Å². The predicted octanol–water partition coefficient (Wildman–Crippen LogP) is 7.18. The number of benzene rings is 3. The highest BCUT2D eigenvalue weighted by atomic mass is 19.4. The van der Waals surface area contributed by atoms with Gasteiger partial charge < -0.3 is 15.3 Å². The zero-order valence-electron chi connectivity index (χ0n) is 24.3. The molecule has 0 aromatic heterocycles. The van der Waals surface area contributed by atoms with Crippen LogP contribution >= 0.6 is 0 Å². The number of nitrogens with zero attached hydrogens (tertiary/aromatic N) is 1. The van der Waals surface area contributed by atoms with Crippen molar-refractivity contribution >= 4 is 17.8 Å². The minimum absolute atomic E-state index is 0.0533. The third-order valence-corrected chi connectivity index (χ3v) is 7.95. The monoisotopic (exact) mass is 634 g/mol. The number of aliphatic carboxylic acids is 1. The molecule has 0 spiro atoms. The van der Waals surface area contributed by atoms with Gasteiger partial charge in [-0.05, 0) is 77.4 Å². The lowest BCUT2D eigenvalue weighted by Gasteiger charge is -2.35. The van der Waals surface area contributed by atoms with Crippen molar-refractivity contribution in [2.45, 2.75) is 63.3 Å². The second-order valence-electron chi connectivity index (χ2n) is 11.0. The second kappa shape index (κ2) is 13.7. The molecule has 1 aliphatic heterocycles. The smallest absolute Gasteiger partial charge is 0.416 e. The van der Waals surface area contributed by atoms with E-state index in [0.717, 1.165) is 24.3 Å². The van der Waals surface area contributed by atoms with Crippen LogP contribution in [-0.2, 0) is 34.9 Å². The quantitative estimate of drug-likeness (QED) is 0.232. The number of carbonyl (C=O) groups excluding carboxylic acids is 2. The number of rotatable bonds is 10. The number of hydrogen-bond donors (Lipinski definition) is 2. The van der Waals surface area contributed by atoms with Crippen LogP contribution in [0.5, 0.6) is 0 Å². The number of carboxylic acid groups (broad SMARTS) is 1. The first-order chi connectivity index (χ1) is 21.2. The van der Waals surface area contributed by atoms with Gasteiger partial charge in [0.15, 0.2) is 0 Å². The zero-order chi connectivity index (χ0) is 32.9. The number of carboxylic acids is 1. The first-order valence-corrected chi connectivity index (χ1v) is 14.4. The lowest BCUT2D eigenvalue weighted by atomic mass is 9.77. The van der Waals surface area contributed by atoms with Crippen molar-refractivity contribution in [2.75, 3.05) is 13.1 Å². The van der Waals surface area contributed by atoms with Gasteiger partial charge in [-0.2, -0.15) is 26.3 Å². The van der Waals surface area contributed by atoms with E-state index in [2.05, 4.69) is 5.32 Å². The SMILES string of the molecule is CCCC(c1ccc(C(=O)NCCC(=O)O)cc1)C(C(=O)N1CCc2cc(C(F)(F)F)ccc2C1)c1ccc(C(F)(F)F)cc1. The van der Waals surface area contributed by atoms with Gasteiger partial charge in [0.1, 0.15) is 0 Å². The van der Waals surface area contributed by atoms with Gasteiger partial charge in [0.25, 0.3) is 5.91 Å². The zero-order valence-corrected chi connectivity index (χ0v) is 24.3. The summed E-state index contributed by atoms with van der Waals surface area (Å²) >= 11 is 0. The standard InChI is InChI=1S/C33H32F6N2O4/c1-2-3-27(20-4-6-22(7-5-20)30(44)40-16-14-28(42)43)29(21-8-11-25(12-9-21)32(34,35)36)31(45)41-17-15-23-18-26(33(37,38)39)13-10-24(23)19-41/h4-13,18,27,29H,2-3,14-17,19H2,1H3,(H,40,44)(H,42,43). The van der Waals surface area contributed by atoms with Gasteiger partial charge in [-0.3, -0.25) is 14.4 Å². The van der Waals surface area contributed by atoms with Crippen LogP contribution in [0.4, 0.5) is 26.3 Å². The molecule has 4 rings (SSSR count). The fraction of sp³-hybridized carbons (Fsp3) is 0.364. The van der Waals surface area contributed by atoms with Gasteiger partial charge in [-0.1, -0.05) is 43.7 Å². The third-order valence-electron chi connectivity index (χ3n) is 7.95. The molecule has 2 N–H and O–H groups in total. The molecule has 0 saturated heterocycles. The third kappa shape index (κ3) is 8.23. The van der Waals surface area contributed by atoms with Crippen molar-refractivity contribution in [3.63, 3.8) is 0 Å². The maximum absolute atomic E-state index is 14.3. The molecule has 240 valence electrons. The maximum atomic E-state index is 14.3. The van der Waals surface area contributed by atoms with E-state index in [1.807, 2.05) is 6.92 Å². The Labute approximate surface area is 256 Å². The van der Waals surface area contributed by atoms with Crippen molar-refractivity contribution in [3.05, 3.63) is 106 Å². The van der Waals surface area contributed by atoms with Gasteiger partial charge in [0.2, 0.25) is 5.91 Å². The Morgan fingerprint density at radius 3 is 2.02 bits per heavy atom. The first kappa shape index (κ1) is 33.5. The molecule has 2 atom stereocenters. The van der Waals surface area contributed by atoms with E-state index in [4.69, 9.17) is 5.11 Å². The summed E-state index contributed by atoms with van der Waals surface area (Å²) < 4.78 is 79.9. The Morgan fingerprint density at radius 2 is 1.44 bits per heavy atom. The van der Waals surface area contributed by atoms with E-state index in [0.29, 0.717) is 35.1 Å². The van der Waals surface area contributed by atoms with E-state index >= 15 is 0 Å². The van der Waals surface area contributed by atoms with Gasteiger partial charge in [-0.15, -0.1) is 0 Å². The molecule has 0 radical (unpaired) electrons. The summed E-state index contributed by atoms with van der Waals surface area (Å²) in [4.78, 5) is 39.0. The van der Waals surface area contributed by atoms with Crippen LogP contribution in [0, 0.1) is 0 Å². The second-order valence-corrected chi connectivity index (χ2v) is 11.0. The molecular formula is C33H32F6N2O4. The number of amides is 2. The molecule has 0 saturated carbocycles. The molecule has 1 aliphatic rings. The summed E-state index contributed by atoms with van der Waals surface area (Å²) in [5.74, 6) is -3.33. The van der Waals surface area contributed by atoms with Crippen molar-refractivity contribution in [1.82, 2.24) is 10.2 Å². The molecule has 2 unspecified atom stereocenters. The van der Waals surface area contributed by atoms with Crippen molar-refractivity contribution in [3.8, 4) is 0 Å². The summed E-state index contributed by atoms with van der Waals surface area (Å²) in [6, 6.07) is 14.2. The summed E-state index contributed by atoms with van der Waals surface area (Å²) in [5, 5.41) is 11.3. The van der Waals surface area contributed by atoms with Crippen LogP contribution in [0.1, 0.15) is 81.8 Å². The number of nitrogens with one attached hydrogen (secondary N) is 1. The van der Waals surface area contributed by atoms with Crippen molar-refractivity contribution in [2.24, 2.45) is 0 Å². The van der Waals surface area contributed by atoms with Gasteiger partial charge in [0, 0.05) is 25.2 Å². The lowest BCUT2D eigenvalue weighted by Crippen LogP contribution is -2.40. The van der Waals surface area contributed by atoms with E-state index in [-0.39, 0.29) is 43.9 Å². The minimum atomic E-state index is -4.58. The summed E-state index contributed by atoms with van der Waals surface area (Å²) in [5.41, 5.74) is 0.717. The molecule has 1 heterocycles. The molecule has 3 aromatic rings. The predicted molar refractivity (Wildman–Crippen MR) is 153 cm³/mol. The minimum Gasteiger partial charge on any atom is -0.481 e. The number of hydrogen-bond acceptors (Lipinski definition) is 3. The van der Waals surface area contributed by atoms with Gasteiger partial charge in [0.05, 0.1) is 23.5 Å². The van der Waals surface area contributed by atoms with Crippen LogP contribution < -0.4 is 5.32 Å². The number of carbonyl (C=O) groups is 3. The van der Waals surface area contributed by atoms with E-state index in [1.54, 1.807) is 12.1 Å². The maximum Gasteiger partial charge on any atom is 0.416 e. The van der Waals surface area contributed by atoms with E-state index in [1.165, 1.54) is 35.2 Å². The van der Waals surface area contributed by atoms with E-state index < -0.39 is 47.2 Å². The van der Waals surface area contributed by atoms with Crippen LogP contribution in [0.25, 0.3) is 0 Å². The highest BCUT2D eigenvalue weighted by Crippen LogP contribution is 2.41. The topological polar surface area (TPSA) is 86.7 Å². The normalized spacial score (nSPS) is 14.8. The largest absolute Gasteiger partial charge is 0.481 e. The Balaban J connectivity index is 1.67. The molecule has 0 bridgehead atoms. The highest BCUT2D eigenvalue weighted by Gasteiger charge is 2.37. The van der Waals surface area contributed by atoms with Gasteiger partial charge >= 0.3 is 18.3 Å². The fourth-order valence-electron chi connectivity index (χ4n) is 5.64. The number of halogens is 6. The molecule has 45 heavy (non-hydrogen) atoms. The Kier molecular flexibility index (Phi) is 10.2. The summed E-state index contributed by atoms with van der Waals surface area (Å²) in [6.07, 6.45) is -8.04. The molecule has 0 aliphatic carbocycles. The molecule has 12 heteroatoms.